The van der Waals surface area contributed by atoms with Crippen molar-refractivity contribution >= 4 is 0 Å². The molecule has 102 valence electrons. The molecular formula is C13H8F3N3O. The lowest BCUT2D eigenvalue weighted by molar-refractivity contribution is -0.144. The van der Waals surface area contributed by atoms with E-state index in [1.54, 1.807) is 6.07 Å². The minimum absolute atomic E-state index is 0.00335. The topological polar surface area (TPSA) is 58.7 Å². The molecule has 0 aliphatic heterocycles. The number of rotatable bonds is 2. The lowest BCUT2D eigenvalue weighted by Crippen LogP contribution is -2.27. The summed E-state index contributed by atoms with van der Waals surface area (Å²) in [5.41, 5.74) is -1.59. The Morgan fingerprint density at radius 2 is 2.00 bits per heavy atom. The molecule has 0 N–H and O–H groups in total. The molecule has 2 heterocycles. The lowest BCUT2D eigenvalue weighted by atomic mass is 10.2. The molecular weight excluding hydrogens is 271 g/mol. The van der Waals surface area contributed by atoms with Crippen LogP contribution in [0.4, 0.5) is 13.2 Å². The Balaban J connectivity index is 2.55. The molecule has 0 saturated heterocycles. The highest BCUT2D eigenvalue weighted by Crippen LogP contribution is 2.28. The number of hydrogen-bond donors (Lipinski definition) is 0. The first-order valence-electron chi connectivity index (χ1n) is 5.54. The van der Waals surface area contributed by atoms with Gasteiger partial charge in [-0.3, -0.25) is 9.36 Å². The summed E-state index contributed by atoms with van der Waals surface area (Å²) in [7, 11) is 0. The molecule has 20 heavy (non-hydrogen) atoms. The fourth-order valence-electron chi connectivity index (χ4n) is 1.77. The Kier molecular flexibility index (Phi) is 3.57. The third-order valence-electron chi connectivity index (χ3n) is 2.67. The molecule has 2 aromatic rings. The molecule has 0 aromatic carbocycles. The number of nitriles is 1. The van der Waals surface area contributed by atoms with Crippen molar-refractivity contribution in [2.75, 3.05) is 0 Å². The van der Waals surface area contributed by atoms with E-state index in [1.165, 1.54) is 18.3 Å². The second-order valence-electron chi connectivity index (χ2n) is 3.96. The standard InChI is InChI=1S/C13H8F3N3O/c14-13(15,16)11-4-1-5-12(20)19(11)8-9-3-2-6-18-10(9)7-17/h1-6H,8H2. The molecule has 0 aliphatic carbocycles. The van der Waals surface area contributed by atoms with Gasteiger partial charge in [-0.15, -0.1) is 0 Å². The van der Waals surface area contributed by atoms with Crippen molar-refractivity contribution in [1.29, 1.82) is 5.26 Å². The molecule has 4 nitrogen and oxygen atoms in total. The van der Waals surface area contributed by atoms with Crippen molar-refractivity contribution in [3.63, 3.8) is 0 Å². The first-order valence-corrected chi connectivity index (χ1v) is 5.54. The quantitative estimate of drug-likeness (QED) is 0.846. The Labute approximate surface area is 111 Å². The molecule has 0 saturated carbocycles. The van der Waals surface area contributed by atoms with E-state index in [2.05, 4.69) is 4.98 Å². The Morgan fingerprint density at radius 1 is 1.25 bits per heavy atom. The summed E-state index contributed by atoms with van der Waals surface area (Å²) in [5, 5.41) is 8.87. The molecule has 0 bridgehead atoms. The molecule has 7 heteroatoms. The van der Waals surface area contributed by atoms with Gasteiger partial charge in [0, 0.05) is 17.8 Å². The van der Waals surface area contributed by atoms with Crippen LogP contribution in [-0.2, 0) is 12.7 Å². The van der Waals surface area contributed by atoms with Gasteiger partial charge in [0.05, 0.1) is 6.54 Å². The normalized spacial score (nSPS) is 11.1. The third kappa shape index (κ3) is 2.69. The summed E-state index contributed by atoms with van der Waals surface area (Å²) in [6.07, 6.45) is -3.28. The van der Waals surface area contributed by atoms with Crippen LogP contribution in [0.15, 0.2) is 41.3 Å². The van der Waals surface area contributed by atoms with Crippen LogP contribution in [0.1, 0.15) is 17.0 Å². The van der Waals surface area contributed by atoms with Crippen LogP contribution in [0.3, 0.4) is 0 Å². The van der Waals surface area contributed by atoms with Crippen LogP contribution in [0, 0.1) is 11.3 Å². The molecule has 0 amide bonds. The van der Waals surface area contributed by atoms with Gasteiger partial charge in [-0.2, -0.15) is 18.4 Å². The predicted molar refractivity (Wildman–Crippen MR) is 63.8 cm³/mol. The van der Waals surface area contributed by atoms with Crippen LogP contribution < -0.4 is 5.56 Å². The molecule has 0 unspecified atom stereocenters. The number of nitrogens with zero attached hydrogens (tertiary/aromatic N) is 3. The monoisotopic (exact) mass is 279 g/mol. The van der Waals surface area contributed by atoms with Gasteiger partial charge < -0.3 is 0 Å². The second kappa shape index (κ2) is 5.17. The summed E-state index contributed by atoms with van der Waals surface area (Å²) in [5.74, 6) is 0. The smallest absolute Gasteiger partial charge is 0.300 e. The van der Waals surface area contributed by atoms with E-state index in [9.17, 15) is 18.0 Å². The van der Waals surface area contributed by atoms with Gasteiger partial charge >= 0.3 is 6.18 Å². The average Bonchev–Trinajstić information content (AvgIpc) is 2.40. The summed E-state index contributed by atoms with van der Waals surface area (Å²) in [6, 6.07) is 7.66. The van der Waals surface area contributed by atoms with Crippen molar-refractivity contribution in [3.05, 3.63) is 63.8 Å². The van der Waals surface area contributed by atoms with Gasteiger partial charge in [-0.05, 0) is 12.1 Å². The Bertz CT molecular complexity index is 729. The van der Waals surface area contributed by atoms with E-state index >= 15 is 0 Å². The fourth-order valence-corrected chi connectivity index (χ4v) is 1.77. The predicted octanol–water partition coefficient (Wildman–Crippen LogP) is 2.18. The number of hydrogen-bond acceptors (Lipinski definition) is 3. The maximum atomic E-state index is 12.9. The third-order valence-corrected chi connectivity index (χ3v) is 2.67. The van der Waals surface area contributed by atoms with Crippen molar-refractivity contribution < 1.29 is 13.2 Å². The van der Waals surface area contributed by atoms with Crippen molar-refractivity contribution in [2.45, 2.75) is 12.7 Å². The number of aromatic nitrogens is 2. The number of pyridine rings is 2. The minimum atomic E-state index is -4.64. The summed E-state index contributed by atoms with van der Waals surface area (Å²) in [6.45, 7) is -0.356. The highest BCUT2D eigenvalue weighted by Gasteiger charge is 2.34. The maximum Gasteiger partial charge on any atom is 0.431 e. The largest absolute Gasteiger partial charge is 0.431 e. The molecule has 0 radical (unpaired) electrons. The highest BCUT2D eigenvalue weighted by molar-refractivity contribution is 5.31. The van der Waals surface area contributed by atoms with E-state index in [0.717, 1.165) is 18.2 Å². The first kappa shape index (κ1) is 13.8. The Morgan fingerprint density at radius 3 is 2.65 bits per heavy atom. The van der Waals surface area contributed by atoms with Crippen LogP contribution in [0.25, 0.3) is 0 Å². The Hall–Kier alpha value is -2.62. The molecule has 0 spiro atoms. The van der Waals surface area contributed by atoms with Crippen molar-refractivity contribution in [1.82, 2.24) is 9.55 Å². The molecule has 2 aromatic heterocycles. The van der Waals surface area contributed by atoms with Gasteiger partial charge in [0.2, 0.25) is 0 Å². The van der Waals surface area contributed by atoms with Crippen LogP contribution in [0.2, 0.25) is 0 Å². The summed E-state index contributed by atoms with van der Waals surface area (Å²) >= 11 is 0. The first-order chi connectivity index (χ1) is 9.43. The van der Waals surface area contributed by atoms with Crippen LogP contribution in [0.5, 0.6) is 0 Å². The van der Waals surface area contributed by atoms with Crippen molar-refractivity contribution in [3.8, 4) is 6.07 Å². The van der Waals surface area contributed by atoms with Gasteiger partial charge in [0.15, 0.2) is 0 Å². The van der Waals surface area contributed by atoms with Gasteiger partial charge in [0.1, 0.15) is 17.5 Å². The van der Waals surface area contributed by atoms with Gasteiger partial charge in [-0.25, -0.2) is 4.98 Å². The fraction of sp³-hybridized carbons (Fsp3) is 0.154. The summed E-state index contributed by atoms with van der Waals surface area (Å²) in [4.78, 5) is 15.4. The highest BCUT2D eigenvalue weighted by atomic mass is 19.4. The van der Waals surface area contributed by atoms with Crippen molar-refractivity contribution in [2.24, 2.45) is 0 Å². The second-order valence-corrected chi connectivity index (χ2v) is 3.96. The van der Waals surface area contributed by atoms with E-state index in [-0.39, 0.29) is 17.8 Å². The average molecular weight is 279 g/mol. The summed E-state index contributed by atoms with van der Waals surface area (Å²) < 4.78 is 39.2. The van der Waals surface area contributed by atoms with E-state index in [1.807, 2.05) is 0 Å². The minimum Gasteiger partial charge on any atom is -0.300 e. The van der Waals surface area contributed by atoms with Gasteiger partial charge in [-0.1, -0.05) is 12.1 Å². The zero-order chi connectivity index (χ0) is 14.8. The van der Waals surface area contributed by atoms with Gasteiger partial charge in [0.25, 0.3) is 5.56 Å². The maximum absolute atomic E-state index is 12.9. The van der Waals surface area contributed by atoms with Crippen LogP contribution >= 0.6 is 0 Å². The molecule has 2 rings (SSSR count). The zero-order valence-electron chi connectivity index (χ0n) is 10.1. The number of halogens is 3. The molecule has 0 fully saturated rings. The SMILES string of the molecule is N#Cc1ncccc1Cn1c(C(F)(F)F)cccc1=O. The molecule has 0 aliphatic rings. The van der Waals surface area contributed by atoms with E-state index in [0.29, 0.717) is 4.57 Å². The lowest BCUT2D eigenvalue weighted by Gasteiger charge is -2.15. The molecule has 0 atom stereocenters. The van der Waals surface area contributed by atoms with E-state index in [4.69, 9.17) is 5.26 Å². The van der Waals surface area contributed by atoms with E-state index < -0.39 is 17.4 Å². The zero-order valence-corrected chi connectivity index (χ0v) is 10.1. The number of alkyl halides is 3. The van der Waals surface area contributed by atoms with Crippen LogP contribution in [-0.4, -0.2) is 9.55 Å².